The third-order valence-corrected chi connectivity index (χ3v) is 4.84. The van der Waals surface area contributed by atoms with E-state index in [1.807, 2.05) is 0 Å². The molecule has 0 radical (unpaired) electrons. The zero-order valence-electron chi connectivity index (χ0n) is 12.8. The standard InChI is InChI=1S/C13H13F3N4O4S/c1-9-2-3-10(20(21)22)8-11(9)25(23,24)17-5-7-19-6-4-12(18-19)13(14,15)16/h2-4,6,8,17H,5,7H2,1H3. The van der Waals surface area contributed by atoms with Gasteiger partial charge >= 0.3 is 6.18 Å². The van der Waals surface area contributed by atoms with Crippen molar-refractivity contribution < 1.29 is 26.5 Å². The molecule has 0 saturated carbocycles. The Morgan fingerprint density at radius 1 is 1.32 bits per heavy atom. The average Bonchev–Trinajstić information content (AvgIpc) is 2.96. The molecule has 0 spiro atoms. The van der Waals surface area contributed by atoms with Gasteiger partial charge in [-0.15, -0.1) is 0 Å². The largest absolute Gasteiger partial charge is 0.435 e. The molecule has 0 amide bonds. The fourth-order valence-corrected chi connectivity index (χ4v) is 3.28. The number of hydrogen-bond acceptors (Lipinski definition) is 5. The van der Waals surface area contributed by atoms with Crippen LogP contribution in [0.4, 0.5) is 18.9 Å². The minimum Gasteiger partial charge on any atom is -0.271 e. The summed E-state index contributed by atoms with van der Waals surface area (Å²) in [5.74, 6) is 0. The summed E-state index contributed by atoms with van der Waals surface area (Å²) in [5, 5.41) is 14.1. The van der Waals surface area contributed by atoms with Crippen LogP contribution in [0.2, 0.25) is 0 Å². The highest BCUT2D eigenvalue weighted by molar-refractivity contribution is 7.89. The highest BCUT2D eigenvalue weighted by Crippen LogP contribution is 2.27. The van der Waals surface area contributed by atoms with Crippen molar-refractivity contribution in [3.63, 3.8) is 0 Å². The maximum atomic E-state index is 12.4. The van der Waals surface area contributed by atoms with Crippen molar-refractivity contribution in [1.82, 2.24) is 14.5 Å². The second-order valence-corrected chi connectivity index (χ2v) is 6.80. The number of sulfonamides is 1. The molecule has 0 atom stereocenters. The van der Waals surface area contributed by atoms with E-state index in [0.717, 1.165) is 23.0 Å². The van der Waals surface area contributed by atoms with Crippen LogP contribution < -0.4 is 4.72 Å². The number of nitro groups is 1. The van der Waals surface area contributed by atoms with Crippen LogP contribution >= 0.6 is 0 Å². The first-order valence-electron chi connectivity index (χ1n) is 6.86. The Balaban J connectivity index is 2.08. The van der Waals surface area contributed by atoms with Gasteiger partial charge < -0.3 is 0 Å². The zero-order valence-corrected chi connectivity index (χ0v) is 13.6. The monoisotopic (exact) mass is 378 g/mol. The van der Waals surface area contributed by atoms with Crippen molar-refractivity contribution in [2.45, 2.75) is 24.5 Å². The molecule has 2 rings (SSSR count). The van der Waals surface area contributed by atoms with Crippen LogP contribution in [-0.4, -0.2) is 29.7 Å². The minimum absolute atomic E-state index is 0.136. The lowest BCUT2D eigenvalue weighted by Gasteiger charge is -2.09. The normalized spacial score (nSPS) is 12.3. The number of nitrogens with one attached hydrogen (secondary N) is 1. The van der Waals surface area contributed by atoms with Gasteiger partial charge in [0.15, 0.2) is 5.69 Å². The topological polar surface area (TPSA) is 107 Å². The van der Waals surface area contributed by atoms with Gasteiger partial charge in [-0.3, -0.25) is 14.8 Å². The number of nitro benzene ring substituents is 1. The van der Waals surface area contributed by atoms with E-state index >= 15 is 0 Å². The Hall–Kier alpha value is -2.47. The smallest absolute Gasteiger partial charge is 0.271 e. The predicted molar refractivity (Wildman–Crippen MR) is 80.3 cm³/mol. The Morgan fingerprint density at radius 2 is 2.00 bits per heavy atom. The highest BCUT2D eigenvalue weighted by atomic mass is 32.2. The van der Waals surface area contributed by atoms with Crippen LogP contribution in [0.15, 0.2) is 35.4 Å². The van der Waals surface area contributed by atoms with Gasteiger partial charge in [0.25, 0.3) is 5.69 Å². The molecule has 0 saturated heterocycles. The first-order valence-corrected chi connectivity index (χ1v) is 8.34. The van der Waals surface area contributed by atoms with E-state index in [1.165, 1.54) is 19.1 Å². The molecule has 0 bridgehead atoms. The number of benzene rings is 1. The van der Waals surface area contributed by atoms with Gasteiger partial charge in [0.1, 0.15) is 0 Å². The lowest BCUT2D eigenvalue weighted by atomic mass is 10.2. The molecule has 1 aromatic carbocycles. The quantitative estimate of drug-likeness (QED) is 0.612. The maximum Gasteiger partial charge on any atom is 0.435 e. The van der Waals surface area contributed by atoms with Gasteiger partial charge in [0.2, 0.25) is 10.0 Å². The summed E-state index contributed by atoms with van der Waals surface area (Å²) < 4.78 is 64.9. The van der Waals surface area contributed by atoms with Crippen molar-refractivity contribution in [3.8, 4) is 0 Å². The Bertz CT molecular complexity index is 893. The van der Waals surface area contributed by atoms with Gasteiger partial charge in [-0.2, -0.15) is 18.3 Å². The number of halogens is 3. The molecule has 0 unspecified atom stereocenters. The van der Waals surface area contributed by atoms with Gasteiger partial charge in [-0.1, -0.05) is 6.07 Å². The molecule has 25 heavy (non-hydrogen) atoms. The van der Waals surface area contributed by atoms with E-state index in [9.17, 15) is 31.7 Å². The summed E-state index contributed by atoms with van der Waals surface area (Å²) in [6.45, 7) is 1.11. The SMILES string of the molecule is Cc1ccc([N+](=O)[O-])cc1S(=O)(=O)NCCn1ccc(C(F)(F)F)n1. The summed E-state index contributed by atoms with van der Waals surface area (Å²) in [6.07, 6.45) is -3.50. The number of hydrogen-bond donors (Lipinski definition) is 1. The number of non-ortho nitro benzene ring substituents is 1. The Morgan fingerprint density at radius 3 is 2.56 bits per heavy atom. The van der Waals surface area contributed by atoms with Crippen LogP contribution in [0.1, 0.15) is 11.3 Å². The van der Waals surface area contributed by atoms with Crippen molar-refractivity contribution in [2.24, 2.45) is 0 Å². The molecule has 0 aliphatic heterocycles. The summed E-state index contributed by atoms with van der Waals surface area (Å²) >= 11 is 0. The van der Waals surface area contributed by atoms with Crippen LogP contribution in [0.25, 0.3) is 0 Å². The van der Waals surface area contributed by atoms with Gasteiger partial charge in [0, 0.05) is 24.9 Å². The van der Waals surface area contributed by atoms with Crippen LogP contribution in [0.3, 0.4) is 0 Å². The fourth-order valence-electron chi connectivity index (χ4n) is 2.00. The van der Waals surface area contributed by atoms with E-state index < -0.39 is 26.8 Å². The molecule has 136 valence electrons. The first kappa shape index (κ1) is 18.9. The zero-order chi connectivity index (χ0) is 18.8. The van der Waals surface area contributed by atoms with Crippen molar-refractivity contribution in [1.29, 1.82) is 0 Å². The molecule has 12 heteroatoms. The third-order valence-electron chi connectivity index (χ3n) is 3.24. The molecule has 1 N–H and O–H groups in total. The summed E-state index contributed by atoms with van der Waals surface area (Å²) in [6, 6.07) is 4.18. The third kappa shape index (κ3) is 4.54. The van der Waals surface area contributed by atoms with E-state index in [4.69, 9.17) is 0 Å². The van der Waals surface area contributed by atoms with Gasteiger partial charge in [-0.05, 0) is 18.6 Å². The predicted octanol–water partition coefficient (Wildman–Crippen LogP) is 2.10. The molecule has 1 heterocycles. The van der Waals surface area contributed by atoms with Crippen molar-refractivity contribution >= 4 is 15.7 Å². The average molecular weight is 378 g/mol. The Kier molecular flexibility index (Phi) is 5.13. The number of alkyl halides is 3. The van der Waals surface area contributed by atoms with Gasteiger partial charge in [0.05, 0.1) is 16.4 Å². The minimum atomic E-state index is -4.58. The molecule has 1 aromatic heterocycles. The van der Waals surface area contributed by atoms with Gasteiger partial charge in [-0.25, -0.2) is 13.1 Å². The molecular weight excluding hydrogens is 365 g/mol. The summed E-state index contributed by atoms with van der Waals surface area (Å²) in [4.78, 5) is 9.77. The van der Waals surface area contributed by atoms with Crippen molar-refractivity contribution in [2.75, 3.05) is 6.54 Å². The summed E-state index contributed by atoms with van der Waals surface area (Å²) in [5.41, 5.74) is -1.16. The van der Waals surface area contributed by atoms with E-state index in [1.54, 1.807) is 0 Å². The molecular formula is C13H13F3N4O4S. The van der Waals surface area contributed by atoms with Crippen LogP contribution in [0.5, 0.6) is 0 Å². The van der Waals surface area contributed by atoms with Crippen LogP contribution in [-0.2, 0) is 22.7 Å². The second kappa shape index (κ2) is 6.80. The number of aryl methyl sites for hydroxylation is 1. The molecule has 0 aliphatic rings. The molecule has 0 aliphatic carbocycles. The first-order chi connectivity index (χ1) is 11.5. The van der Waals surface area contributed by atoms with E-state index in [-0.39, 0.29) is 23.7 Å². The van der Waals surface area contributed by atoms with Crippen LogP contribution in [0, 0.1) is 17.0 Å². The highest BCUT2D eigenvalue weighted by Gasteiger charge is 2.33. The second-order valence-electron chi connectivity index (χ2n) is 5.07. The molecule has 0 fully saturated rings. The Labute approximate surface area is 140 Å². The van der Waals surface area contributed by atoms with E-state index in [2.05, 4.69) is 9.82 Å². The van der Waals surface area contributed by atoms with Crippen molar-refractivity contribution in [3.05, 3.63) is 51.8 Å². The lowest BCUT2D eigenvalue weighted by Crippen LogP contribution is -2.28. The number of rotatable bonds is 6. The van der Waals surface area contributed by atoms with E-state index in [0.29, 0.717) is 5.56 Å². The molecule has 8 nitrogen and oxygen atoms in total. The number of nitrogens with zero attached hydrogens (tertiary/aromatic N) is 3. The fraction of sp³-hybridized carbons (Fsp3) is 0.308. The lowest BCUT2D eigenvalue weighted by molar-refractivity contribution is -0.385. The number of aromatic nitrogens is 2. The maximum absolute atomic E-state index is 12.4. The summed E-state index contributed by atoms with van der Waals surface area (Å²) in [7, 11) is -4.06. The molecule has 2 aromatic rings.